The van der Waals surface area contributed by atoms with E-state index in [9.17, 15) is 14.7 Å². The zero-order valence-electron chi connectivity index (χ0n) is 18.2. The highest BCUT2D eigenvalue weighted by molar-refractivity contribution is 5.95. The summed E-state index contributed by atoms with van der Waals surface area (Å²) in [6.07, 6.45) is 6.19. The Labute approximate surface area is 180 Å². The Morgan fingerprint density at radius 3 is 2.55 bits per heavy atom. The van der Waals surface area contributed by atoms with Crippen LogP contribution in [0.1, 0.15) is 40.5 Å². The minimum atomic E-state index is -0.602. The number of phenols is 1. The van der Waals surface area contributed by atoms with Gasteiger partial charge in [-0.1, -0.05) is 17.2 Å². The predicted octanol–water partition coefficient (Wildman–Crippen LogP) is 5.65. The maximum atomic E-state index is 13.1. The summed E-state index contributed by atoms with van der Waals surface area (Å²) >= 11 is 0. The van der Waals surface area contributed by atoms with Crippen LogP contribution in [0.4, 0.5) is 0 Å². The molecule has 6 heteroatoms. The predicted molar refractivity (Wildman–Crippen MR) is 121 cm³/mol. The van der Waals surface area contributed by atoms with Crippen molar-refractivity contribution in [1.29, 1.82) is 0 Å². The van der Waals surface area contributed by atoms with Crippen LogP contribution in [0, 0.1) is 0 Å². The van der Waals surface area contributed by atoms with Crippen molar-refractivity contribution >= 4 is 27.9 Å². The molecule has 0 saturated carbocycles. The van der Waals surface area contributed by atoms with Crippen molar-refractivity contribution in [2.75, 3.05) is 6.61 Å². The van der Waals surface area contributed by atoms with Crippen LogP contribution in [0.5, 0.6) is 17.2 Å². The molecule has 0 unspecified atom stereocenters. The van der Waals surface area contributed by atoms with Crippen molar-refractivity contribution < 1.29 is 23.8 Å². The second kappa shape index (κ2) is 9.51. The van der Waals surface area contributed by atoms with Crippen LogP contribution in [0.15, 0.2) is 62.8 Å². The zero-order valence-corrected chi connectivity index (χ0v) is 18.2. The number of benzene rings is 2. The molecule has 3 aromatic rings. The van der Waals surface area contributed by atoms with Gasteiger partial charge in [0.2, 0.25) is 5.43 Å². The van der Waals surface area contributed by atoms with Crippen LogP contribution in [0.3, 0.4) is 0 Å². The topological polar surface area (TPSA) is 86.0 Å². The van der Waals surface area contributed by atoms with Gasteiger partial charge in [-0.2, -0.15) is 0 Å². The lowest BCUT2D eigenvalue weighted by Gasteiger charge is -2.09. The Kier molecular flexibility index (Phi) is 6.80. The van der Waals surface area contributed by atoms with Crippen LogP contribution in [0.2, 0.25) is 0 Å². The lowest BCUT2D eigenvalue weighted by molar-refractivity contribution is -0.131. The van der Waals surface area contributed by atoms with Gasteiger partial charge < -0.3 is 19.0 Å². The van der Waals surface area contributed by atoms with E-state index in [0.717, 1.165) is 12.8 Å². The van der Waals surface area contributed by atoms with Crippen molar-refractivity contribution in [3.8, 4) is 17.2 Å². The Morgan fingerprint density at radius 1 is 1.06 bits per heavy atom. The van der Waals surface area contributed by atoms with Crippen LogP contribution in [0.25, 0.3) is 21.9 Å². The first-order chi connectivity index (χ1) is 14.7. The fraction of sp³-hybridized carbons (Fsp3) is 0.280. The number of hydrogen-bond acceptors (Lipinski definition) is 6. The van der Waals surface area contributed by atoms with E-state index < -0.39 is 5.97 Å². The van der Waals surface area contributed by atoms with Gasteiger partial charge in [0.05, 0.1) is 5.39 Å². The van der Waals surface area contributed by atoms with E-state index in [4.69, 9.17) is 13.9 Å². The van der Waals surface area contributed by atoms with E-state index in [1.165, 1.54) is 30.2 Å². The molecule has 0 aliphatic carbocycles. The van der Waals surface area contributed by atoms with E-state index in [0.29, 0.717) is 23.3 Å². The van der Waals surface area contributed by atoms with Crippen molar-refractivity contribution in [2.45, 2.75) is 40.5 Å². The number of carbonyl (C=O) groups excluding carboxylic acids is 1. The molecule has 0 atom stereocenters. The average Bonchev–Trinajstić information content (AvgIpc) is 2.67. The van der Waals surface area contributed by atoms with Gasteiger partial charge in [-0.15, -0.1) is 0 Å². The molecule has 6 nitrogen and oxygen atoms in total. The largest absolute Gasteiger partial charge is 0.508 e. The zero-order chi connectivity index (χ0) is 22.5. The van der Waals surface area contributed by atoms with Gasteiger partial charge in [0.15, 0.2) is 0 Å². The molecular formula is C25H26O6. The number of rotatable bonds is 7. The third kappa shape index (κ3) is 5.54. The number of aromatic hydroxyl groups is 1. The third-order valence-electron chi connectivity index (χ3n) is 4.72. The fourth-order valence-corrected chi connectivity index (χ4v) is 3.20. The van der Waals surface area contributed by atoms with Crippen LogP contribution in [-0.4, -0.2) is 17.7 Å². The molecule has 0 aliphatic heterocycles. The van der Waals surface area contributed by atoms with Gasteiger partial charge in [0, 0.05) is 19.1 Å². The molecule has 162 valence electrons. The first-order valence-corrected chi connectivity index (χ1v) is 10.1. The normalized spacial score (nSPS) is 11.5. The first kappa shape index (κ1) is 22.2. The molecule has 1 N–H and O–H groups in total. The number of carbonyl (C=O) groups is 1. The van der Waals surface area contributed by atoms with Crippen LogP contribution >= 0.6 is 0 Å². The highest BCUT2D eigenvalue weighted by Gasteiger charge is 2.16. The Morgan fingerprint density at radius 2 is 1.84 bits per heavy atom. The molecule has 0 amide bonds. The average molecular weight is 422 g/mol. The molecule has 1 aromatic heterocycles. The minimum absolute atomic E-state index is 0.0422. The molecule has 0 radical (unpaired) electrons. The Balaban J connectivity index is 1.89. The smallest absolute Gasteiger partial charge is 0.308 e. The van der Waals surface area contributed by atoms with Crippen molar-refractivity contribution in [1.82, 2.24) is 0 Å². The summed E-state index contributed by atoms with van der Waals surface area (Å²) in [7, 11) is 0. The summed E-state index contributed by atoms with van der Waals surface area (Å²) in [6.45, 7) is 7.84. The van der Waals surface area contributed by atoms with Crippen LogP contribution in [-0.2, 0) is 4.79 Å². The standard InChI is InChI=1S/C25H26O6/c1-15(2)6-5-7-16(3)10-11-29-19-8-9-21-20(14-19)25(28)24-22(30-17(4)26)12-18(27)13-23(24)31-21/h6,8-10,12-14,27H,5,7,11H2,1-4H3. The van der Waals surface area contributed by atoms with Crippen molar-refractivity contribution in [3.63, 3.8) is 0 Å². The third-order valence-corrected chi connectivity index (χ3v) is 4.72. The number of esters is 1. The maximum Gasteiger partial charge on any atom is 0.308 e. The monoisotopic (exact) mass is 422 g/mol. The molecule has 1 heterocycles. The lowest BCUT2D eigenvalue weighted by Crippen LogP contribution is -2.08. The summed E-state index contributed by atoms with van der Waals surface area (Å²) in [4.78, 5) is 24.5. The van der Waals surface area contributed by atoms with E-state index in [-0.39, 0.29) is 27.9 Å². The molecule has 3 rings (SSSR count). The van der Waals surface area contributed by atoms with Gasteiger partial charge in [-0.3, -0.25) is 9.59 Å². The Hall–Kier alpha value is -3.54. The molecular weight excluding hydrogens is 396 g/mol. The number of allylic oxidation sites excluding steroid dienone is 3. The second-order valence-corrected chi connectivity index (χ2v) is 7.68. The van der Waals surface area contributed by atoms with E-state index in [1.54, 1.807) is 18.2 Å². The number of ether oxygens (including phenoxy) is 2. The molecule has 0 fully saturated rings. The summed E-state index contributed by atoms with van der Waals surface area (Å²) in [5.41, 5.74) is 2.65. The molecule has 0 spiro atoms. The van der Waals surface area contributed by atoms with E-state index in [2.05, 4.69) is 26.8 Å². The quantitative estimate of drug-likeness (QED) is 0.229. The highest BCUT2D eigenvalue weighted by Crippen LogP contribution is 2.32. The maximum absolute atomic E-state index is 13.1. The van der Waals surface area contributed by atoms with Gasteiger partial charge in [-0.25, -0.2) is 0 Å². The van der Waals surface area contributed by atoms with Gasteiger partial charge in [0.25, 0.3) is 0 Å². The summed E-state index contributed by atoms with van der Waals surface area (Å²) in [5, 5.41) is 10.3. The Bertz CT molecular complexity index is 1240. The fourth-order valence-electron chi connectivity index (χ4n) is 3.20. The van der Waals surface area contributed by atoms with Gasteiger partial charge in [-0.05, 0) is 57.9 Å². The van der Waals surface area contributed by atoms with Crippen molar-refractivity contribution in [3.05, 3.63) is 63.9 Å². The van der Waals surface area contributed by atoms with Crippen LogP contribution < -0.4 is 14.9 Å². The lowest BCUT2D eigenvalue weighted by atomic mass is 10.1. The number of fused-ring (bicyclic) bond motifs is 2. The number of hydrogen-bond donors (Lipinski definition) is 1. The van der Waals surface area contributed by atoms with Gasteiger partial charge in [0.1, 0.15) is 40.4 Å². The molecule has 0 bridgehead atoms. The van der Waals surface area contributed by atoms with E-state index >= 15 is 0 Å². The molecule has 2 aromatic carbocycles. The summed E-state index contributed by atoms with van der Waals surface area (Å²) < 4.78 is 16.7. The SMILES string of the molecule is CC(=O)Oc1cc(O)cc2oc3ccc(OCC=C(C)CCC=C(C)C)cc3c(=O)c12. The second-order valence-electron chi connectivity index (χ2n) is 7.68. The van der Waals surface area contributed by atoms with Gasteiger partial charge >= 0.3 is 5.97 Å². The van der Waals surface area contributed by atoms with Crippen molar-refractivity contribution in [2.24, 2.45) is 0 Å². The molecule has 31 heavy (non-hydrogen) atoms. The molecule has 0 saturated heterocycles. The minimum Gasteiger partial charge on any atom is -0.508 e. The number of phenolic OH excluding ortho intramolecular Hbond substituents is 1. The molecule has 0 aliphatic rings. The summed E-state index contributed by atoms with van der Waals surface area (Å²) in [6, 6.07) is 7.51. The first-order valence-electron chi connectivity index (χ1n) is 10.1. The highest BCUT2D eigenvalue weighted by atomic mass is 16.5. The summed E-state index contributed by atoms with van der Waals surface area (Å²) in [5.74, 6) is -0.284. The van der Waals surface area contributed by atoms with E-state index in [1.807, 2.05) is 6.08 Å².